The van der Waals surface area contributed by atoms with E-state index in [2.05, 4.69) is 6.08 Å². The Kier molecular flexibility index (Phi) is 3.44. The Morgan fingerprint density at radius 2 is 1.72 bits per heavy atom. The number of allylic oxidation sites excluding steroid dienone is 1. The number of carboxylic acids is 1. The zero-order valence-corrected chi connectivity index (χ0v) is 11.8. The second-order valence-corrected chi connectivity index (χ2v) is 7.58. The third-order valence-electron chi connectivity index (χ3n) is 5.15. The molecule has 1 N–H and O–H groups in total. The predicted octanol–water partition coefficient (Wildman–Crippen LogP) is 3.78. The van der Waals surface area contributed by atoms with E-state index in [4.69, 9.17) is 0 Å². The fraction of sp³-hybridized carbons (Fsp3) is 0.800. The van der Waals surface area contributed by atoms with Gasteiger partial charge in [0.1, 0.15) is 0 Å². The molecule has 0 radical (unpaired) electrons. The maximum absolute atomic E-state index is 11.3. The van der Waals surface area contributed by atoms with Crippen LogP contribution in [0.25, 0.3) is 0 Å². The molecule has 0 aromatic rings. The smallest absolute Gasteiger partial charge is 0.341 e. The molecule has 100 valence electrons. The number of carboxylic acid groups (broad SMARTS) is 1. The van der Waals surface area contributed by atoms with Crippen molar-refractivity contribution >= 4 is 17.7 Å². The van der Waals surface area contributed by atoms with E-state index in [1.807, 2.05) is 6.92 Å². The van der Waals surface area contributed by atoms with Gasteiger partial charge in [0.05, 0.1) is 4.91 Å². The number of rotatable bonds is 4. The van der Waals surface area contributed by atoms with Gasteiger partial charge in [-0.15, -0.1) is 11.8 Å². The van der Waals surface area contributed by atoms with E-state index < -0.39 is 5.97 Å². The minimum Gasteiger partial charge on any atom is -0.477 e. The minimum atomic E-state index is -0.726. The molecule has 0 heterocycles. The number of hydrogen-bond acceptors (Lipinski definition) is 2. The summed E-state index contributed by atoms with van der Waals surface area (Å²) in [6.07, 6.45) is 9.01. The van der Waals surface area contributed by atoms with Crippen LogP contribution in [0.1, 0.15) is 39.0 Å². The third-order valence-corrected chi connectivity index (χ3v) is 6.06. The summed E-state index contributed by atoms with van der Waals surface area (Å²) in [5.41, 5.74) is 0. The van der Waals surface area contributed by atoms with Crippen LogP contribution in [0.2, 0.25) is 0 Å². The predicted molar refractivity (Wildman–Crippen MR) is 74.4 cm³/mol. The Bertz CT molecular complexity index is 347. The lowest BCUT2D eigenvalue weighted by Crippen LogP contribution is -2.44. The molecule has 4 aliphatic carbocycles. The normalized spacial score (nSPS) is 42.3. The molecule has 4 rings (SSSR count). The van der Waals surface area contributed by atoms with Gasteiger partial charge in [0.15, 0.2) is 0 Å². The van der Waals surface area contributed by atoms with Gasteiger partial charge in [-0.2, -0.15) is 0 Å². The molecule has 0 atom stereocenters. The molecule has 0 aliphatic heterocycles. The van der Waals surface area contributed by atoms with E-state index in [9.17, 15) is 9.90 Å². The average Bonchev–Trinajstić information content (AvgIpc) is 2.31. The Hall–Kier alpha value is -0.440. The summed E-state index contributed by atoms with van der Waals surface area (Å²) in [5, 5.41) is 9.27. The van der Waals surface area contributed by atoms with Gasteiger partial charge in [-0.3, -0.25) is 0 Å². The van der Waals surface area contributed by atoms with Crippen LogP contribution >= 0.6 is 11.8 Å². The molecule has 4 fully saturated rings. The van der Waals surface area contributed by atoms with E-state index in [1.54, 1.807) is 0 Å². The Balaban J connectivity index is 1.79. The van der Waals surface area contributed by atoms with Gasteiger partial charge in [-0.1, -0.05) is 13.0 Å². The molecule has 3 heteroatoms. The van der Waals surface area contributed by atoms with Crippen molar-refractivity contribution in [2.24, 2.45) is 29.6 Å². The lowest BCUT2D eigenvalue weighted by molar-refractivity contribution is -0.131. The number of hydrogen-bond donors (Lipinski definition) is 1. The van der Waals surface area contributed by atoms with E-state index in [0.29, 0.717) is 10.8 Å². The van der Waals surface area contributed by atoms with Crippen molar-refractivity contribution in [3.63, 3.8) is 0 Å². The summed E-state index contributed by atoms with van der Waals surface area (Å²) in [6, 6.07) is 0. The van der Waals surface area contributed by atoms with E-state index >= 15 is 0 Å². The van der Waals surface area contributed by atoms with E-state index in [1.165, 1.54) is 43.9 Å². The highest BCUT2D eigenvalue weighted by Crippen LogP contribution is 2.57. The van der Waals surface area contributed by atoms with Crippen LogP contribution in [-0.4, -0.2) is 16.8 Å². The molecule has 0 aromatic carbocycles. The van der Waals surface area contributed by atoms with Crippen molar-refractivity contribution in [3.8, 4) is 0 Å². The van der Waals surface area contributed by atoms with E-state index in [0.717, 1.165) is 29.4 Å². The second kappa shape index (κ2) is 4.92. The van der Waals surface area contributed by atoms with Crippen LogP contribution in [0.15, 0.2) is 11.0 Å². The maximum atomic E-state index is 11.3. The quantitative estimate of drug-likeness (QED) is 0.787. The molecule has 18 heavy (non-hydrogen) atoms. The molecule has 4 aliphatic rings. The fourth-order valence-corrected chi connectivity index (χ4v) is 5.44. The van der Waals surface area contributed by atoms with Crippen molar-refractivity contribution in [1.29, 1.82) is 0 Å². The molecule has 0 amide bonds. The molecule has 2 nitrogen and oxygen atoms in total. The standard InChI is InChI=1S/C15H22O2S/c1-2-18-14(15(16)17)8-13-11-4-9-3-10(6-11)7-12(13)5-9/h8-13H,2-7H2,1H3,(H,16,17)/b14-8+. The Morgan fingerprint density at radius 1 is 1.17 bits per heavy atom. The monoisotopic (exact) mass is 266 g/mol. The van der Waals surface area contributed by atoms with Crippen LogP contribution in [0, 0.1) is 29.6 Å². The first kappa shape index (κ1) is 12.6. The van der Waals surface area contributed by atoms with Gasteiger partial charge in [-0.25, -0.2) is 4.79 Å². The zero-order valence-electron chi connectivity index (χ0n) is 11.0. The van der Waals surface area contributed by atoms with Crippen LogP contribution < -0.4 is 0 Å². The Labute approximate surface area is 113 Å². The van der Waals surface area contributed by atoms with Crippen molar-refractivity contribution in [3.05, 3.63) is 11.0 Å². The van der Waals surface area contributed by atoms with Crippen LogP contribution in [0.4, 0.5) is 0 Å². The average molecular weight is 266 g/mol. The van der Waals surface area contributed by atoms with Crippen molar-refractivity contribution < 1.29 is 9.90 Å². The summed E-state index contributed by atoms with van der Waals surface area (Å²) in [6.45, 7) is 2.03. The van der Waals surface area contributed by atoms with Gasteiger partial charge >= 0.3 is 5.97 Å². The molecule has 0 unspecified atom stereocenters. The summed E-state index contributed by atoms with van der Waals surface area (Å²) >= 11 is 1.49. The summed E-state index contributed by atoms with van der Waals surface area (Å²) in [4.78, 5) is 11.9. The fourth-order valence-electron chi connectivity index (χ4n) is 4.75. The van der Waals surface area contributed by atoms with Gasteiger partial charge in [-0.05, 0) is 67.4 Å². The van der Waals surface area contributed by atoms with Gasteiger partial charge in [0, 0.05) is 0 Å². The SMILES string of the molecule is CCS/C(=C/C1C2CC3CC(C2)CC1C3)C(=O)O. The summed E-state index contributed by atoms with van der Waals surface area (Å²) in [7, 11) is 0. The number of aliphatic carboxylic acids is 1. The maximum Gasteiger partial charge on any atom is 0.341 e. The lowest BCUT2D eigenvalue weighted by Gasteiger charge is -2.53. The van der Waals surface area contributed by atoms with Crippen LogP contribution in [0.3, 0.4) is 0 Å². The van der Waals surface area contributed by atoms with Crippen molar-refractivity contribution in [2.75, 3.05) is 5.75 Å². The molecule has 0 aromatic heterocycles. The highest BCUT2D eigenvalue weighted by molar-refractivity contribution is 8.03. The van der Waals surface area contributed by atoms with Gasteiger partial charge < -0.3 is 5.11 Å². The zero-order chi connectivity index (χ0) is 12.7. The first-order valence-electron chi connectivity index (χ1n) is 7.25. The minimum absolute atomic E-state index is 0.558. The first-order chi connectivity index (χ1) is 8.67. The largest absolute Gasteiger partial charge is 0.477 e. The number of carbonyl (C=O) groups is 1. The lowest BCUT2D eigenvalue weighted by atomic mass is 9.52. The molecule has 4 saturated carbocycles. The van der Waals surface area contributed by atoms with Gasteiger partial charge in [0.25, 0.3) is 0 Å². The second-order valence-electron chi connectivity index (χ2n) is 6.28. The Morgan fingerprint density at radius 3 is 2.17 bits per heavy atom. The third kappa shape index (κ3) is 2.22. The molecule has 4 bridgehead atoms. The van der Waals surface area contributed by atoms with Crippen molar-refractivity contribution in [1.82, 2.24) is 0 Å². The molecular weight excluding hydrogens is 244 g/mol. The van der Waals surface area contributed by atoms with Crippen molar-refractivity contribution in [2.45, 2.75) is 39.0 Å². The first-order valence-corrected chi connectivity index (χ1v) is 8.23. The van der Waals surface area contributed by atoms with Gasteiger partial charge in [0.2, 0.25) is 0 Å². The van der Waals surface area contributed by atoms with Crippen LogP contribution in [0.5, 0.6) is 0 Å². The molecular formula is C15H22O2S. The van der Waals surface area contributed by atoms with E-state index in [-0.39, 0.29) is 0 Å². The summed E-state index contributed by atoms with van der Waals surface area (Å²) in [5.74, 6) is 4.18. The topological polar surface area (TPSA) is 37.3 Å². The highest BCUT2D eigenvalue weighted by Gasteiger charge is 2.47. The van der Waals surface area contributed by atoms with Crippen LogP contribution in [-0.2, 0) is 4.79 Å². The molecule has 0 spiro atoms. The summed E-state index contributed by atoms with van der Waals surface area (Å²) < 4.78 is 0. The molecule has 0 saturated heterocycles. The number of thioether (sulfide) groups is 1. The highest BCUT2D eigenvalue weighted by atomic mass is 32.2.